The third kappa shape index (κ3) is 3.78. The van der Waals surface area contributed by atoms with E-state index in [-0.39, 0.29) is 5.69 Å². The molecule has 2 rings (SSSR count). The maximum atomic E-state index is 12.9. The van der Waals surface area contributed by atoms with Crippen molar-refractivity contribution in [1.82, 2.24) is 4.98 Å². The van der Waals surface area contributed by atoms with Crippen molar-refractivity contribution in [1.29, 1.82) is 0 Å². The van der Waals surface area contributed by atoms with Crippen LogP contribution in [-0.4, -0.2) is 16.1 Å². The Bertz CT molecular complexity index is 702. The number of pyridine rings is 1. The number of aromatic nitrogens is 1. The van der Waals surface area contributed by atoms with Crippen LogP contribution < -0.4 is 5.43 Å². The molecule has 0 amide bonds. The number of benzene rings is 1. The molecule has 22 heavy (non-hydrogen) atoms. The minimum atomic E-state index is -4.74. The number of rotatable bonds is 4. The summed E-state index contributed by atoms with van der Waals surface area (Å²) in [5.74, 6) is 0. The molecule has 0 saturated heterocycles. The second kappa shape index (κ2) is 6.20. The molecule has 2 aromatic rings. The highest BCUT2D eigenvalue weighted by atomic mass is 19.4. The normalized spacial score (nSPS) is 11.6. The summed E-state index contributed by atoms with van der Waals surface area (Å²) in [7, 11) is 0. The summed E-state index contributed by atoms with van der Waals surface area (Å²) in [6.07, 6.45) is -0.410. The number of non-ortho nitro benzene ring substituents is 1. The first-order chi connectivity index (χ1) is 10.4. The molecule has 0 aliphatic rings. The van der Waals surface area contributed by atoms with E-state index in [0.717, 1.165) is 12.1 Å². The van der Waals surface area contributed by atoms with Crippen molar-refractivity contribution in [3.05, 3.63) is 64.0 Å². The van der Waals surface area contributed by atoms with Gasteiger partial charge in [-0.05, 0) is 23.8 Å². The van der Waals surface area contributed by atoms with Gasteiger partial charge in [-0.3, -0.25) is 20.5 Å². The summed E-state index contributed by atoms with van der Waals surface area (Å²) >= 11 is 0. The van der Waals surface area contributed by atoms with Gasteiger partial charge in [-0.15, -0.1) is 0 Å². The zero-order valence-corrected chi connectivity index (χ0v) is 10.9. The SMILES string of the molecule is O=[N+]([O-])c1ccc(N/N=C\c2ccncc2)c(C(F)(F)F)c1. The molecule has 0 spiro atoms. The van der Waals surface area contributed by atoms with Gasteiger partial charge in [0, 0.05) is 24.5 Å². The number of nitrogens with one attached hydrogen (secondary N) is 1. The van der Waals surface area contributed by atoms with Gasteiger partial charge in [-0.25, -0.2) is 0 Å². The van der Waals surface area contributed by atoms with Crippen LogP contribution in [0.5, 0.6) is 0 Å². The van der Waals surface area contributed by atoms with E-state index < -0.39 is 22.4 Å². The lowest BCUT2D eigenvalue weighted by Gasteiger charge is -2.11. The van der Waals surface area contributed by atoms with E-state index in [1.165, 1.54) is 18.6 Å². The molecule has 0 unspecified atom stereocenters. The fraction of sp³-hybridized carbons (Fsp3) is 0.0769. The number of alkyl halides is 3. The number of nitro benzene ring substituents is 1. The number of hydrazone groups is 1. The van der Waals surface area contributed by atoms with Gasteiger partial charge in [0.2, 0.25) is 0 Å². The molecule has 0 atom stereocenters. The Morgan fingerprint density at radius 3 is 2.50 bits per heavy atom. The van der Waals surface area contributed by atoms with Gasteiger partial charge in [0.15, 0.2) is 0 Å². The quantitative estimate of drug-likeness (QED) is 0.533. The summed E-state index contributed by atoms with van der Waals surface area (Å²) in [5.41, 5.74) is 0.705. The molecule has 9 heteroatoms. The van der Waals surface area contributed by atoms with Gasteiger partial charge in [-0.2, -0.15) is 18.3 Å². The van der Waals surface area contributed by atoms with Crippen LogP contribution in [0.2, 0.25) is 0 Å². The standard InChI is InChI=1S/C13H9F3N4O2/c14-13(15,16)11-7-10(20(21)22)1-2-12(11)19-18-8-9-3-5-17-6-4-9/h1-8,19H/b18-8-. The van der Waals surface area contributed by atoms with Crippen LogP contribution >= 0.6 is 0 Å². The number of nitro groups is 1. The van der Waals surface area contributed by atoms with Crippen LogP contribution in [-0.2, 0) is 6.18 Å². The predicted octanol–water partition coefficient (Wildman–Crippen LogP) is 3.45. The average Bonchev–Trinajstić information content (AvgIpc) is 2.47. The number of hydrogen-bond donors (Lipinski definition) is 1. The van der Waals surface area contributed by atoms with Gasteiger partial charge >= 0.3 is 6.18 Å². The molecule has 0 aliphatic heterocycles. The topological polar surface area (TPSA) is 80.4 Å². The van der Waals surface area contributed by atoms with E-state index in [2.05, 4.69) is 15.5 Å². The largest absolute Gasteiger partial charge is 0.418 e. The monoisotopic (exact) mass is 310 g/mol. The highest BCUT2D eigenvalue weighted by molar-refractivity contribution is 5.80. The molecule has 1 heterocycles. The van der Waals surface area contributed by atoms with Crippen molar-refractivity contribution in [2.45, 2.75) is 6.18 Å². The Balaban J connectivity index is 2.27. The smallest absolute Gasteiger partial charge is 0.278 e. The summed E-state index contributed by atoms with van der Waals surface area (Å²) in [6.45, 7) is 0. The molecular formula is C13H9F3N4O2. The van der Waals surface area contributed by atoms with Crippen LogP contribution in [0.1, 0.15) is 11.1 Å². The van der Waals surface area contributed by atoms with Crippen LogP contribution in [0.15, 0.2) is 47.8 Å². The van der Waals surface area contributed by atoms with Crippen molar-refractivity contribution in [2.75, 3.05) is 5.43 Å². The van der Waals surface area contributed by atoms with Gasteiger partial charge < -0.3 is 0 Å². The van der Waals surface area contributed by atoms with E-state index in [0.29, 0.717) is 11.6 Å². The maximum Gasteiger partial charge on any atom is 0.418 e. The minimum Gasteiger partial charge on any atom is -0.278 e. The van der Waals surface area contributed by atoms with Crippen LogP contribution in [0, 0.1) is 10.1 Å². The third-order valence-electron chi connectivity index (χ3n) is 2.62. The number of hydrogen-bond acceptors (Lipinski definition) is 5. The summed E-state index contributed by atoms with van der Waals surface area (Å²) in [5, 5.41) is 14.3. The van der Waals surface area contributed by atoms with E-state index in [1.807, 2.05) is 0 Å². The van der Waals surface area contributed by atoms with Crippen molar-refractivity contribution in [2.24, 2.45) is 5.10 Å². The summed E-state index contributed by atoms with van der Waals surface area (Å²) in [4.78, 5) is 13.5. The molecule has 0 fully saturated rings. The number of halogens is 3. The maximum absolute atomic E-state index is 12.9. The molecule has 0 saturated carbocycles. The van der Waals surface area contributed by atoms with Crippen molar-refractivity contribution in [3.63, 3.8) is 0 Å². The van der Waals surface area contributed by atoms with Crippen LogP contribution in [0.4, 0.5) is 24.5 Å². The van der Waals surface area contributed by atoms with E-state index >= 15 is 0 Å². The third-order valence-corrected chi connectivity index (χ3v) is 2.62. The Labute approximate surface area is 122 Å². The fourth-order valence-corrected chi connectivity index (χ4v) is 1.60. The van der Waals surface area contributed by atoms with Crippen LogP contribution in [0.25, 0.3) is 0 Å². The first kappa shape index (κ1) is 15.4. The minimum absolute atomic E-state index is 0.372. The molecule has 1 aromatic carbocycles. The highest BCUT2D eigenvalue weighted by Gasteiger charge is 2.35. The summed E-state index contributed by atoms with van der Waals surface area (Å²) < 4.78 is 38.8. The van der Waals surface area contributed by atoms with E-state index in [4.69, 9.17) is 0 Å². The van der Waals surface area contributed by atoms with Gasteiger partial charge in [-0.1, -0.05) is 0 Å². The Morgan fingerprint density at radius 1 is 1.23 bits per heavy atom. The van der Waals surface area contributed by atoms with Gasteiger partial charge in [0.1, 0.15) is 0 Å². The lowest BCUT2D eigenvalue weighted by Crippen LogP contribution is -2.09. The predicted molar refractivity (Wildman–Crippen MR) is 73.6 cm³/mol. The average molecular weight is 310 g/mol. The van der Waals surface area contributed by atoms with Crippen molar-refractivity contribution in [3.8, 4) is 0 Å². The lowest BCUT2D eigenvalue weighted by molar-refractivity contribution is -0.385. The molecule has 1 N–H and O–H groups in total. The van der Waals surface area contributed by atoms with Crippen molar-refractivity contribution < 1.29 is 18.1 Å². The molecule has 6 nitrogen and oxygen atoms in total. The number of anilines is 1. The molecule has 0 bridgehead atoms. The van der Waals surface area contributed by atoms with Gasteiger partial charge in [0.05, 0.1) is 22.4 Å². The van der Waals surface area contributed by atoms with E-state index in [9.17, 15) is 23.3 Å². The van der Waals surface area contributed by atoms with Gasteiger partial charge in [0.25, 0.3) is 5.69 Å². The Kier molecular flexibility index (Phi) is 4.35. The number of nitrogens with zero attached hydrogens (tertiary/aromatic N) is 3. The Hall–Kier alpha value is -2.97. The molecule has 114 valence electrons. The van der Waals surface area contributed by atoms with Crippen LogP contribution in [0.3, 0.4) is 0 Å². The molecule has 1 aromatic heterocycles. The lowest BCUT2D eigenvalue weighted by atomic mass is 10.1. The second-order valence-electron chi connectivity index (χ2n) is 4.14. The molecule has 0 radical (unpaired) electrons. The molecular weight excluding hydrogens is 301 g/mol. The highest BCUT2D eigenvalue weighted by Crippen LogP contribution is 2.37. The fourth-order valence-electron chi connectivity index (χ4n) is 1.60. The Morgan fingerprint density at radius 2 is 1.91 bits per heavy atom. The zero-order valence-electron chi connectivity index (χ0n) is 10.9. The second-order valence-corrected chi connectivity index (χ2v) is 4.14. The molecule has 0 aliphatic carbocycles. The van der Waals surface area contributed by atoms with Crippen molar-refractivity contribution >= 4 is 17.6 Å². The first-order valence-corrected chi connectivity index (χ1v) is 5.92. The first-order valence-electron chi connectivity index (χ1n) is 5.92. The summed E-state index contributed by atoms with van der Waals surface area (Å²) in [6, 6.07) is 5.63. The van der Waals surface area contributed by atoms with E-state index in [1.54, 1.807) is 12.1 Å². The zero-order chi connectivity index (χ0) is 16.2.